The Morgan fingerprint density at radius 1 is 1.29 bits per heavy atom. The Kier molecular flexibility index (Phi) is 3.69. The minimum atomic E-state index is 0.202. The number of nitrogens with one attached hydrogen (secondary N) is 1. The van der Waals surface area contributed by atoms with Gasteiger partial charge in [0, 0.05) is 6.04 Å². The number of hydrogen-bond acceptors (Lipinski definition) is 1. The summed E-state index contributed by atoms with van der Waals surface area (Å²) in [5.41, 5.74) is 3.83. The molecule has 14 heavy (non-hydrogen) atoms. The topological polar surface area (TPSA) is 29.1 Å². The van der Waals surface area contributed by atoms with E-state index in [0.29, 0.717) is 0 Å². The number of amides is 1. The number of benzene rings is 1. The van der Waals surface area contributed by atoms with Crippen molar-refractivity contribution in [1.82, 2.24) is 5.32 Å². The van der Waals surface area contributed by atoms with Crippen LogP contribution in [0.2, 0.25) is 0 Å². The quantitative estimate of drug-likeness (QED) is 0.724. The molecule has 0 spiro atoms. The summed E-state index contributed by atoms with van der Waals surface area (Å²) in [6.45, 7) is 6.19. The van der Waals surface area contributed by atoms with E-state index in [1.54, 1.807) is 0 Å². The monoisotopic (exact) mass is 191 g/mol. The fraction of sp³-hybridized carbons (Fsp3) is 0.417. The molecule has 1 aromatic carbocycles. The number of carbonyl (C=O) groups excluding carboxylic acids is 1. The van der Waals surface area contributed by atoms with Gasteiger partial charge < -0.3 is 5.32 Å². The molecular weight excluding hydrogens is 174 g/mol. The molecule has 0 aliphatic heterocycles. The summed E-state index contributed by atoms with van der Waals surface area (Å²) in [7, 11) is 0. The van der Waals surface area contributed by atoms with Crippen molar-refractivity contribution in [2.75, 3.05) is 0 Å². The van der Waals surface area contributed by atoms with Crippen LogP contribution < -0.4 is 5.32 Å². The van der Waals surface area contributed by atoms with Crippen LogP contribution in [-0.2, 0) is 11.2 Å². The maximum atomic E-state index is 10.2. The lowest BCUT2D eigenvalue weighted by Gasteiger charge is -2.11. The zero-order valence-electron chi connectivity index (χ0n) is 9.00. The van der Waals surface area contributed by atoms with Crippen LogP contribution in [0.3, 0.4) is 0 Å². The lowest BCUT2D eigenvalue weighted by atomic mass is 10.0. The van der Waals surface area contributed by atoms with Crippen molar-refractivity contribution in [3.05, 3.63) is 34.9 Å². The maximum Gasteiger partial charge on any atom is 0.207 e. The van der Waals surface area contributed by atoms with Crippen molar-refractivity contribution in [2.24, 2.45) is 0 Å². The Hall–Kier alpha value is -1.31. The molecule has 1 unspecified atom stereocenters. The van der Waals surface area contributed by atoms with Gasteiger partial charge in [-0.2, -0.15) is 0 Å². The van der Waals surface area contributed by atoms with Gasteiger partial charge in [-0.15, -0.1) is 0 Å². The first-order valence-corrected chi connectivity index (χ1v) is 4.88. The SMILES string of the molecule is Cc1cc(C)cc(CC(C)NC=O)c1. The third-order valence-corrected chi connectivity index (χ3v) is 2.18. The molecule has 2 nitrogen and oxygen atoms in total. The number of rotatable bonds is 4. The van der Waals surface area contributed by atoms with Gasteiger partial charge in [0.05, 0.1) is 0 Å². The van der Waals surface area contributed by atoms with Gasteiger partial charge in [0.15, 0.2) is 0 Å². The molecule has 1 aromatic rings. The Morgan fingerprint density at radius 2 is 1.86 bits per heavy atom. The predicted octanol–water partition coefficient (Wildman–Crippen LogP) is 1.98. The van der Waals surface area contributed by atoms with Crippen LogP contribution in [0.25, 0.3) is 0 Å². The first-order valence-electron chi connectivity index (χ1n) is 4.88. The number of aryl methyl sites for hydroxylation is 2. The molecular formula is C12H17NO. The van der Waals surface area contributed by atoms with Crippen molar-refractivity contribution in [2.45, 2.75) is 33.2 Å². The molecule has 0 fully saturated rings. The van der Waals surface area contributed by atoms with Gasteiger partial charge in [-0.3, -0.25) is 4.79 Å². The van der Waals surface area contributed by atoms with Gasteiger partial charge in [0.1, 0.15) is 0 Å². The molecule has 0 saturated carbocycles. The molecule has 0 saturated heterocycles. The van der Waals surface area contributed by atoms with Crippen LogP contribution in [0, 0.1) is 13.8 Å². The van der Waals surface area contributed by atoms with Crippen LogP contribution in [0.5, 0.6) is 0 Å². The van der Waals surface area contributed by atoms with Crippen molar-refractivity contribution in [3.63, 3.8) is 0 Å². The second-order valence-corrected chi connectivity index (χ2v) is 3.89. The summed E-state index contributed by atoms with van der Waals surface area (Å²) in [5, 5.41) is 2.75. The second-order valence-electron chi connectivity index (χ2n) is 3.89. The van der Waals surface area contributed by atoms with E-state index < -0.39 is 0 Å². The average molecular weight is 191 g/mol. The second kappa shape index (κ2) is 4.80. The fourth-order valence-electron chi connectivity index (χ4n) is 1.72. The molecule has 1 rings (SSSR count). The van der Waals surface area contributed by atoms with Gasteiger partial charge in [-0.05, 0) is 32.8 Å². The zero-order chi connectivity index (χ0) is 10.6. The molecule has 76 valence electrons. The van der Waals surface area contributed by atoms with Crippen molar-refractivity contribution >= 4 is 6.41 Å². The van der Waals surface area contributed by atoms with Gasteiger partial charge >= 0.3 is 0 Å². The third-order valence-electron chi connectivity index (χ3n) is 2.18. The standard InChI is InChI=1S/C12H17NO/c1-9-4-10(2)6-12(5-9)7-11(3)13-8-14/h4-6,8,11H,7H2,1-3H3,(H,13,14). The molecule has 0 radical (unpaired) electrons. The molecule has 0 bridgehead atoms. The highest BCUT2D eigenvalue weighted by Crippen LogP contribution is 2.10. The molecule has 0 aliphatic rings. The predicted molar refractivity (Wildman–Crippen MR) is 58.3 cm³/mol. The van der Waals surface area contributed by atoms with E-state index in [-0.39, 0.29) is 6.04 Å². The molecule has 1 amide bonds. The van der Waals surface area contributed by atoms with E-state index in [2.05, 4.69) is 37.4 Å². The lowest BCUT2D eigenvalue weighted by Crippen LogP contribution is -2.26. The normalized spacial score (nSPS) is 12.2. The Bertz CT molecular complexity index is 300. The number of hydrogen-bond donors (Lipinski definition) is 1. The fourth-order valence-corrected chi connectivity index (χ4v) is 1.72. The summed E-state index contributed by atoms with van der Waals surface area (Å²) >= 11 is 0. The first-order chi connectivity index (χ1) is 6.61. The van der Waals surface area contributed by atoms with E-state index in [4.69, 9.17) is 0 Å². The van der Waals surface area contributed by atoms with Crippen molar-refractivity contribution in [3.8, 4) is 0 Å². The Balaban J connectivity index is 2.71. The van der Waals surface area contributed by atoms with E-state index in [1.165, 1.54) is 16.7 Å². The highest BCUT2D eigenvalue weighted by Gasteiger charge is 2.02. The van der Waals surface area contributed by atoms with E-state index in [0.717, 1.165) is 12.8 Å². The summed E-state index contributed by atoms with van der Waals surface area (Å²) in [6, 6.07) is 6.68. The minimum Gasteiger partial charge on any atom is -0.356 e. The van der Waals surface area contributed by atoms with Crippen molar-refractivity contribution in [1.29, 1.82) is 0 Å². The van der Waals surface area contributed by atoms with E-state index in [9.17, 15) is 4.79 Å². The smallest absolute Gasteiger partial charge is 0.207 e. The van der Waals surface area contributed by atoms with Gasteiger partial charge in [0.2, 0.25) is 6.41 Å². The Labute approximate surface area is 85.3 Å². The van der Waals surface area contributed by atoms with Crippen LogP contribution in [0.15, 0.2) is 18.2 Å². The summed E-state index contributed by atoms with van der Waals surface area (Å²) in [5.74, 6) is 0. The highest BCUT2D eigenvalue weighted by atomic mass is 16.1. The summed E-state index contributed by atoms with van der Waals surface area (Å²) < 4.78 is 0. The molecule has 1 N–H and O–H groups in total. The van der Waals surface area contributed by atoms with E-state index >= 15 is 0 Å². The Morgan fingerprint density at radius 3 is 2.36 bits per heavy atom. The first kappa shape index (κ1) is 10.8. The summed E-state index contributed by atoms with van der Waals surface area (Å²) in [4.78, 5) is 10.2. The maximum absolute atomic E-state index is 10.2. The molecule has 0 aliphatic carbocycles. The van der Waals surface area contributed by atoms with Crippen LogP contribution >= 0.6 is 0 Å². The van der Waals surface area contributed by atoms with Gasteiger partial charge in [-0.1, -0.05) is 29.3 Å². The molecule has 2 heteroatoms. The average Bonchev–Trinajstić information content (AvgIpc) is 2.01. The molecule has 1 atom stereocenters. The summed E-state index contributed by atoms with van der Waals surface area (Å²) in [6.07, 6.45) is 1.65. The van der Waals surface area contributed by atoms with Gasteiger partial charge in [0.25, 0.3) is 0 Å². The zero-order valence-corrected chi connectivity index (χ0v) is 9.00. The van der Waals surface area contributed by atoms with Gasteiger partial charge in [-0.25, -0.2) is 0 Å². The van der Waals surface area contributed by atoms with Crippen molar-refractivity contribution < 1.29 is 4.79 Å². The van der Waals surface area contributed by atoms with Crippen LogP contribution in [-0.4, -0.2) is 12.5 Å². The molecule has 0 aromatic heterocycles. The molecule has 0 heterocycles. The number of carbonyl (C=O) groups is 1. The van der Waals surface area contributed by atoms with E-state index in [1.807, 2.05) is 6.92 Å². The van der Waals surface area contributed by atoms with Crippen LogP contribution in [0.4, 0.5) is 0 Å². The largest absolute Gasteiger partial charge is 0.356 e. The third kappa shape index (κ3) is 3.21. The lowest BCUT2D eigenvalue weighted by molar-refractivity contribution is -0.110. The van der Waals surface area contributed by atoms with Crippen LogP contribution in [0.1, 0.15) is 23.6 Å². The minimum absolute atomic E-state index is 0.202. The highest BCUT2D eigenvalue weighted by molar-refractivity contribution is 5.46.